The maximum Gasteiger partial charge on any atom is 0.328 e. The summed E-state index contributed by atoms with van der Waals surface area (Å²) < 4.78 is 4.25. The van der Waals surface area contributed by atoms with Crippen molar-refractivity contribution in [2.75, 3.05) is 19.5 Å². The second-order valence-corrected chi connectivity index (χ2v) is 5.14. The maximum atomic E-state index is 11.5. The number of thiophene rings is 1. The van der Waals surface area contributed by atoms with Gasteiger partial charge in [-0.2, -0.15) is 0 Å². The number of carbonyl (C=O) groups is 3. The number of nitrogens with two attached hydrogens (primary N) is 2. The second kappa shape index (κ2) is 11.6. The van der Waals surface area contributed by atoms with Crippen LogP contribution in [0.4, 0.5) is 5.69 Å². The average Bonchev–Trinajstić information content (AvgIpc) is 2.94. The summed E-state index contributed by atoms with van der Waals surface area (Å²) in [6.45, 7) is 0. The van der Waals surface area contributed by atoms with Gasteiger partial charge >= 0.3 is 5.97 Å². The Kier molecular flexibility index (Phi) is 10.2. The fraction of sp³-hybridized carbons (Fsp3) is 0.133. The summed E-state index contributed by atoms with van der Waals surface area (Å²) in [6.07, 6.45) is 6.31. The molecule has 1 aromatic heterocycles. The van der Waals surface area contributed by atoms with Gasteiger partial charge in [-0.15, -0.1) is 11.3 Å². The number of hydrogen-bond donors (Lipinski definition) is 4. The van der Waals surface area contributed by atoms with Gasteiger partial charge in [0, 0.05) is 43.0 Å². The highest BCUT2D eigenvalue weighted by molar-refractivity contribution is 7.15. The summed E-state index contributed by atoms with van der Waals surface area (Å²) in [7, 11) is 3.25. The number of allylic oxidation sites excluding steroid dienone is 2. The third kappa shape index (κ3) is 7.38. The number of carbonyl (C=O) groups excluding carboxylic acids is 2. The van der Waals surface area contributed by atoms with Crippen molar-refractivity contribution < 1.29 is 24.2 Å². The Hall–Kier alpha value is -2.91. The summed E-state index contributed by atoms with van der Waals surface area (Å²) in [5.41, 5.74) is 11.6. The van der Waals surface area contributed by atoms with E-state index >= 15 is 0 Å². The lowest BCUT2D eigenvalue weighted by Crippen LogP contribution is -2.09. The Balaban J connectivity index is 0.00000163. The number of carboxylic acids is 1. The van der Waals surface area contributed by atoms with Gasteiger partial charge in [0.05, 0.1) is 10.6 Å². The molecule has 0 radical (unpaired) electrons. The van der Waals surface area contributed by atoms with E-state index in [0.717, 1.165) is 17.4 Å². The second-order valence-electron chi connectivity index (χ2n) is 4.06. The van der Waals surface area contributed by atoms with Gasteiger partial charge in [0.2, 0.25) is 5.91 Å². The number of ether oxygens (including phenoxy) is 1. The van der Waals surface area contributed by atoms with E-state index in [-0.39, 0.29) is 10.6 Å². The van der Waals surface area contributed by atoms with Crippen LogP contribution in [0.1, 0.15) is 14.5 Å². The molecule has 8 nitrogen and oxygen atoms in total. The standard InChI is InChI=1S/C13H13N3O4S.C2H6O/c14-4-3-8(6-15)10-5-9(11(7-17)21-10)16-12(18)1-2-13(19)20;1-3-2/h1-7H,14-15H2,(H,16,18)(H,19,20);1-2H3/b2-1-,4-3-,8-6+;. The number of anilines is 1. The van der Waals surface area contributed by atoms with Gasteiger partial charge in [0.25, 0.3) is 0 Å². The van der Waals surface area contributed by atoms with Crippen LogP contribution in [0.25, 0.3) is 5.57 Å². The number of methoxy groups -OCH3 is 1. The topological polar surface area (TPSA) is 145 Å². The third-order valence-corrected chi connectivity index (χ3v) is 3.35. The van der Waals surface area contributed by atoms with Crippen molar-refractivity contribution in [2.24, 2.45) is 11.5 Å². The Morgan fingerprint density at radius 2 is 1.88 bits per heavy atom. The first kappa shape index (κ1) is 21.1. The molecule has 0 aliphatic rings. The largest absolute Gasteiger partial charge is 0.478 e. The summed E-state index contributed by atoms with van der Waals surface area (Å²) in [5.74, 6) is -1.90. The van der Waals surface area contributed by atoms with E-state index in [9.17, 15) is 14.4 Å². The number of carboxylic acid groups (broad SMARTS) is 1. The van der Waals surface area contributed by atoms with E-state index in [1.807, 2.05) is 0 Å². The molecule has 0 bridgehead atoms. The molecule has 0 aromatic carbocycles. The van der Waals surface area contributed by atoms with E-state index in [0.29, 0.717) is 22.8 Å². The van der Waals surface area contributed by atoms with Crippen molar-refractivity contribution in [1.29, 1.82) is 0 Å². The van der Waals surface area contributed by atoms with E-state index in [2.05, 4.69) is 10.1 Å². The molecule has 6 N–H and O–H groups in total. The molecule has 0 saturated carbocycles. The van der Waals surface area contributed by atoms with Crippen molar-refractivity contribution in [3.63, 3.8) is 0 Å². The molecule has 130 valence electrons. The SMILES string of the molecule is COC.N/C=C\C(=C/N)c1cc(NC(=O)/C=C\C(=O)O)c(C=O)s1. The molecule has 9 heteroatoms. The predicted octanol–water partition coefficient (Wildman–Crippen LogP) is 1.17. The van der Waals surface area contributed by atoms with Gasteiger partial charge in [-0.05, 0) is 18.3 Å². The summed E-state index contributed by atoms with van der Waals surface area (Å²) in [4.78, 5) is 33.8. The van der Waals surface area contributed by atoms with Gasteiger partial charge in [0.1, 0.15) is 0 Å². The maximum absolute atomic E-state index is 11.5. The molecule has 0 atom stereocenters. The highest BCUT2D eigenvalue weighted by Gasteiger charge is 2.12. The number of aldehydes is 1. The molecule has 0 saturated heterocycles. The first-order chi connectivity index (χ1) is 11.4. The third-order valence-electron chi connectivity index (χ3n) is 2.24. The van der Waals surface area contributed by atoms with E-state index < -0.39 is 11.9 Å². The van der Waals surface area contributed by atoms with Crippen LogP contribution >= 0.6 is 11.3 Å². The van der Waals surface area contributed by atoms with Crippen LogP contribution in [0.15, 0.2) is 36.7 Å². The molecular weight excluding hydrogens is 334 g/mol. The molecule has 0 fully saturated rings. The Bertz CT molecular complexity index is 662. The van der Waals surface area contributed by atoms with Crippen molar-refractivity contribution >= 4 is 40.8 Å². The van der Waals surface area contributed by atoms with Gasteiger partial charge < -0.3 is 26.6 Å². The zero-order chi connectivity index (χ0) is 18.5. The molecule has 1 heterocycles. The lowest BCUT2D eigenvalue weighted by molar-refractivity contribution is -0.131. The van der Waals surface area contributed by atoms with Gasteiger partial charge in [-0.3, -0.25) is 9.59 Å². The molecule has 24 heavy (non-hydrogen) atoms. The summed E-state index contributed by atoms with van der Waals surface area (Å²) in [6, 6.07) is 1.56. The average molecular weight is 353 g/mol. The lowest BCUT2D eigenvalue weighted by Gasteiger charge is -1.98. The number of rotatable bonds is 6. The fourth-order valence-corrected chi connectivity index (χ4v) is 2.31. The first-order valence-electron chi connectivity index (χ1n) is 6.45. The minimum absolute atomic E-state index is 0.273. The molecular formula is C15H19N3O5S. The van der Waals surface area contributed by atoms with Crippen molar-refractivity contribution in [3.05, 3.63) is 46.4 Å². The van der Waals surface area contributed by atoms with Crippen LogP contribution in [0.5, 0.6) is 0 Å². The van der Waals surface area contributed by atoms with Crippen LogP contribution in [-0.4, -0.2) is 37.5 Å². The fourth-order valence-electron chi connectivity index (χ4n) is 1.38. The molecule has 1 amide bonds. The number of amides is 1. The highest BCUT2D eigenvalue weighted by Crippen LogP contribution is 2.31. The molecule has 0 spiro atoms. The first-order valence-corrected chi connectivity index (χ1v) is 7.26. The minimum atomic E-state index is -1.24. The van der Waals surface area contributed by atoms with Crippen LogP contribution in [-0.2, 0) is 14.3 Å². The van der Waals surface area contributed by atoms with Crippen molar-refractivity contribution in [1.82, 2.24) is 0 Å². The van der Waals surface area contributed by atoms with Gasteiger partial charge in [-0.25, -0.2) is 4.79 Å². The van der Waals surface area contributed by atoms with Crippen LogP contribution < -0.4 is 16.8 Å². The number of aliphatic carboxylic acids is 1. The van der Waals surface area contributed by atoms with E-state index in [4.69, 9.17) is 16.6 Å². The Labute approximate surface area is 143 Å². The Morgan fingerprint density at radius 1 is 1.25 bits per heavy atom. The number of nitrogens with one attached hydrogen (secondary N) is 1. The molecule has 1 rings (SSSR count). The van der Waals surface area contributed by atoms with Crippen LogP contribution in [0.2, 0.25) is 0 Å². The van der Waals surface area contributed by atoms with Crippen LogP contribution in [0.3, 0.4) is 0 Å². The van der Waals surface area contributed by atoms with Crippen molar-refractivity contribution in [2.45, 2.75) is 0 Å². The molecule has 0 aliphatic heterocycles. The van der Waals surface area contributed by atoms with E-state index in [1.165, 1.54) is 12.4 Å². The molecule has 0 unspecified atom stereocenters. The normalized spacial score (nSPS) is 11.2. The summed E-state index contributed by atoms with van der Waals surface area (Å²) >= 11 is 1.12. The monoisotopic (exact) mass is 353 g/mol. The molecule has 1 aromatic rings. The summed E-state index contributed by atoms with van der Waals surface area (Å²) in [5, 5.41) is 10.9. The highest BCUT2D eigenvalue weighted by atomic mass is 32.1. The zero-order valence-corrected chi connectivity index (χ0v) is 14.0. The quantitative estimate of drug-likeness (QED) is 0.341. The number of hydrogen-bond acceptors (Lipinski definition) is 7. The van der Waals surface area contributed by atoms with Crippen molar-refractivity contribution in [3.8, 4) is 0 Å². The van der Waals surface area contributed by atoms with E-state index in [1.54, 1.807) is 26.4 Å². The molecule has 0 aliphatic carbocycles. The Morgan fingerprint density at radius 3 is 2.33 bits per heavy atom. The smallest absolute Gasteiger partial charge is 0.328 e. The van der Waals surface area contributed by atoms with Crippen LogP contribution in [0, 0.1) is 0 Å². The minimum Gasteiger partial charge on any atom is -0.478 e. The zero-order valence-electron chi connectivity index (χ0n) is 13.2. The predicted molar refractivity (Wildman–Crippen MR) is 93.5 cm³/mol. The van der Waals surface area contributed by atoms with Gasteiger partial charge in [0.15, 0.2) is 6.29 Å². The lowest BCUT2D eigenvalue weighted by atomic mass is 10.2. The van der Waals surface area contributed by atoms with Gasteiger partial charge in [-0.1, -0.05) is 0 Å².